The quantitative estimate of drug-likeness (QED) is 0.610. The van der Waals surface area contributed by atoms with Crippen molar-refractivity contribution in [1.29, 1.82) is 0 Å². The molecule has 0 aliphatic heterocycles. The van der Waals surface area contributed by atoms with Crippen LogP contribution in [0.3, 0.4) is 0 Å². The third-order valence-electron chi connectivity index (χ3n) is 3.09. The first-order chi connectivity index (χ1) is 7.93. The maximum Gasteiger partial charge on any atom is 0.158 e. The topological polar surface area (TPSA) is 17.1 Å². The van der Waals surface area contributed by atoms with Gasteiger partial charge in [-0.25, -0.2) is 0 Å². The van der Waals surface area contributed by atoms with Crippen molar-refractivity contribution in [3.8, 4) is 0 Å². The number of allylic oxidation sites excluding steroid dienone is 2. The van der Waals surface area contributed by atoms with E-state index in [1.54, 1.807) is 0 Å². The van der Waals surface area contributed by atoms with Crippen molar-refractivity contribution in [1.82, 2.24) is 0 Å². The van der Waals surface area contributed by atoms with Gasteiger partial charge in [0.15, 0.2) is 5.78 Å². The number of ketones is 1. The Morgan fingerprint density at radius 2 is 1.56 bits per heavy atom. The van der Waals surface area contributed by atoms with Crippen LogP contribution < -0.4 is 0 Å². The number of hydrogen-bond donors (Lipinski definition) is 0. The summed E-state index contributed by atoms with van der Waals surface area (Å²) in [4.78, 5) is 12.4. The van der Waals surface area contributed by atoms with Crippen LogP contribution in [0.5, 0.6) is 0 Å². The standard InChI is InChI=1S/C17H32O/c1-13(2)10-9-11-15(18)14(17(6,7)8)12-16(3,4)5/h9,11,13-14H,10,12H2,1-8H3/b11-9+. The van der Waals surface area contributed by atoms with Crippen molar-refractivity contribution < 1.29 is 4.79 Å². The molecule has 0 N–H and O–H groups in total. The minimum atomic E-state index is 0.0343. The number of hydrogen-bond acceptors (Lipinski definition) is 1. The maximum atomic E-state index is 12.4. The predicted molar refractivity (Wildman–Crippen MR) is 80.6 cm³/mol. The molecule has 1 unspecified atom stereocenters. The maximum absolute atomic E-state index is 12.4. The average Bonchev–Trinajstić information content (AvgIpc) is 2.10. The van der Waals surface area contributed by atoms with Gasteiger partial charge in [0.05, 0.1) is 0 Å². The summed E-state index contributed by atoms with van der Waals surface area (Å²) in [7, 11) is 0. The first-order valence-electron chi connectivity index (χ1n) is 7.14. The van der Waals surface area contributed by atoms with Crippen LogP contribution >= 0.6 is 0 Å². The SMILES string of the molecule is CC(C)C/C=C/C(=O)C(CC(C)(C)C)C(C)(C)C. The van der Waals surface area contributed by atoms with Crippen LogP contribution in [0.1, 0.15) is 68.2 Å². The number of carbonyl (C=O) groups is 1. The van der Waals surface area contributed by atoms with E-state index >= 15 is 0 Å². The Hall–Kier alpha value is -0.590. The molecule has 18 heavy (non-hydrogen) atoms. The normalized spacial score (nSPS) is 15.4. The Balaban J connectivity index is 4.78. The van der Waals surface area contributed by atoms with Crippen LogP contribution in [-0.4, -0.2) is 5.78 Å². The van der Waals surface area contributed by atoms with Crippen molar-refractivity contribution in [3.05, 3.63) is 12.2 Å². The molecule has 0 rings (SSSR count). The second-order valence-corrected chi connectivity index (χ2v) is 8.12. The van der Waals surface area contributed by atoms with Crippen LogP contribution in [0.2, 0.25) is 0 Å². The Kier molecular flexibility index (Phi) is 6.33. The van der Waals surface area contributed by atoms with Crippen molar-refractivity contribution in [3.63, 3.8) is 0 Å². The lowest BCUT2D eigenvalue weighted by Gasteiger charge is -2.33. The molecule has 1 heteroatoms. The van der Waals surface area contributed by atoms with E-state index in [-0.39, 0.29) is 22.5 Å². The zero-order valence-corrected chi connectivity index (χ0v) is 13.6. The molecule has 0 fully saturated rings. The minimum Gasteiger partial charge on any atom is -0.295 e. The van der Waals surface area contributed by atoms with Crippen LogP contribution in [0.25, 0.3) is 0 Å². The van der Waals surface area contributed by atoms with E-state index < -0.39 is 0 Å². The molecule has 1 atom stereocenters. The molecule has 0 bridgehead atoms. The van der Waals surface area contributed by atoms with Crippen LogP contribution in [0.4, 0.5) is 0 Å². The van der Waals surface area contributed by atoms with E-state index in [1.807, 2.05) is 12.2 Å². The molecule has 0 aliphatic rings. The molecule has 106 valence electrons. The fourth-order valence-corrected chi connectivity index (χ4v) is 2.02. The minimum absolute atomic E-state index is 0.0343. The van der Waals surface area contributed by atoms with E-state index in [9.17, 15) is 4.79 Å². The van der Waals surface area contributed by atoms with Crippen LogP contribution in [0, 0.1) is 22.7 Å². The number of carbonyl (C=O) groups excluding carboxylic acids is 1. The second-order valence-electron chi connectivity index (χ2n) is 8.12. The highest BCUT2D eigenvalue weighted by Crippen LogP contribution is 2.36. The van der Waals surface area contributed by atoms with Gasteiger partial charge in [-0.1, -0.05) is 61.5 Å². The van der Waals surface area contributed by atoms with E-state index in [4.69, 9.17) is 0 Å². The van der Waals surface area contributed by atoms with Crippen molar-refractivity contribution in [2.75, 3.05) is 0 Å². The van der Waals surface area contributed by atoms with E-state index in [0.29, 0.717) is 5.92 Å². The monoisotopic (exact) mass is 252 g/mol. The molecule has 0 spiro atoms. The lowest BCUT2D eigenvalue weighted by Crippen LogP contribution is -2.31. The molecule has 0 aliphatic carbocycles. The summed E-state index contributed by atoms with van der Waals surface area (Å²) in [5, 5.41) is 0. The first-order valence-corrected chi connectivity index (χ1v) is 7.14. The summed E-state index contributed by atoms with van der Waals surface area (Å²) < 4.78 is 0. The van der Waals surface area contributed by atoms with E-state index in [2.05, 4.69) is 55.4 Å². The van der Waals surface area contributed by atoms with Gasteiger partial charge in [0.25, 0.3) is 0 Å². The van der Waals surface area contributed by atoms with E-state index in [0.717, 1.165) is 12.8 Å². The van der Waals surface area contributed by atoms with Gasteiger partial charge in [0.1, 0.15) is 0 Å². The molecule has 1 nitrogen and oxygen atoms in total. The smallest absolute Gasteiger partial charge is 0.158 e. The van der Waals surface area contributed by atoms with Gasteiger partial charge in [-0.05, 0) is 35.7 Å². The van der Waals surface area contributed by atoms with Gasteiger partial charge < -0.3 is 0 Å². The highest BCUT2D eigenvalue weighted by atomic mass is 16.1. The fourth-order valence-electron chi connectivity index (χ4n) is 2.02. The summed E-state index contributed by atoms with van der Waals surface area (Å²) in [6.45, 7) is 17.5. The van der Waals surface area contributed by atoms with Gasteiger partial charge in [-0.15, -0.1) is 0 Å². The molecular formula is C17H32O. The largest absolute Gasteiger partial charge is 0.295 e. The zero-order valence-electron chi connectivity index (χ0n) is 13.6. The lowest BCUT2D eigenvalue weighted by atomic mass is 9.70. The van der Waals surface area contributed by atoms with Crippen LogP contribution in [0.15, 0.2) is 12.2 Å². The first kappa shape index (κ1) is 17.4. The lowest BCUT2D eigenvalue weighted by molar-refractivity contribution is -0.122. The zero-order chi connectivity index (χ0) is 14.6. The fraction of sp³-hybridized carbons (Fsp3) is 0.824. The Bertz CT molecular complexity index is 284. The second kappa shape index (κ2) is 6.54. The van der Waals surface area contributed by atoms with Crippen LogP contribution in [-0.2, 0) is 4.79 Å². The van der Waals surface area contributed by atoms with Gasteiger partial charge in [0, 0.05) is 5.92 Å². The van der Waals surface area contributed by atoms with Gasteiger partial charge >= 0.3 is 0 Å². The summed E-state index contributed by atoms with van der Waals surface area (Å²) in [6, 6.07) is 0. The third kappa shape index (κ3) is 7.68. The molecule has 0 radical (unpaired) electrons. The Morgan fingerprint density at radius 1 is 1.06 bits per heavy atom. The van der Waals surface area contributed by atoms with Gasteiger partial charge in [-0.3, -0.25) is 4.79 Å². The number of rotatable bonds is 5. The predicted octanol–water partition coefficient (Wildman–Crippen LogP) is 5.26. The summed E-state index contributed by atoms with van der Waals surface area (Å²) in [6.07, 6.45) is 5.77. The molecule has 0 saturated heterocycles. The van der Waals surface area contributed by atoms with Gasteiger partial charge in [-0.2, -0.15) is 0 Å². The molecular weight excluding hydrogens is 220 g/mol. The van der Waals surface area contributed by atoms with E-state index in [1.165, 1.54) is 0 Å². The van der Waals surface area contributed by atoms with Crippen molar-refractivity contribution in [2.45, 2.75) is 68.2 Å². The summed E-state index contributed by atoms with van der Waals surface area (Å²) in [5.74, 6) is 1.02. The van der Waals surface area contributed by atoms with Crippen molar-refractivity contribution in [2.24, 2.45) is 22.7 Å². The summed E-state index contributed by atoms with van der Waals surface area (Å²) >= 11 is 0. The molecule has 0 heterocycles. The van der Waals surface area contributed by atoms with Gasteiger partial charge in [0.2, 0.25) is 0 Å². The molecule has 0 aromatic carbocycles. The molecule has 0 aromatic heterocycles. The Labute approximate surface area is 114 Å². The highest BCUT2D eigenvalue weighted by molar-refractivity contribution is 5.92. The average molecular weight is 252 g/mol. The van der Waals surface area contributed by atoms with Crippen molar-refractivity contribution >= 4 is 5.78 Å². The molecule has 0 amide bonds. The summed E-state index contributed by atoms with van der Waals surface area (Å²) in [5.41, 5.74) is 0.228. The molecule has 0 saturated carbocycles. The Morgan fingerprint density at radius 3 is 1.89 bits per heavy atom. The molecule has 0 aromatic rings. The highest BCUT2D eigenvalue weighted by Gasteiger charge is 2.33. The third-order valence-corrected chi connectivity index (χ3v) is 3.09.